The van der Waals surface area contributed by atoms with Crippen LogP contribution in [0.2, 0.25) is 5.15 Å². The van der Waals surface area contributed by atoms with Crippen LogP contribution >= 0.6 is 11.6 Å². The predicted molar refractivity (Wildman–Crippen MR) is 63.5 cm³/mol. The normalized spacial score (nSPS) is 16.8. The molecule has 1 saturated heterocycles. The summed E-state index contributed by atoms with van der Waals surface area (Å²) >= 11 is 5.82. The van der Waals surface area contributed by atoms with E-state index < -0.39 is 0 Å². The van der Waals surface area contributed by atoms with Crippen LogP contribution in [0.15, 0.2) is 12.1 Å². The van der Waals surface area contributed by atoms with Crippen LogP contribution in [0.5, 0.6) is 0 Å². The molecule has 0 radical (unpaired) electrons. The highest BCUT2D eigenvalue weighted by Crippen LogP contribution is 2.20. The number of hydrogen-bond donors (Lipinski definition) is 1. The molecule has 16 heavy (non-hydrogen) atoms. The SMILES string of the molecule is CN1CCN(c2cc(N)cc(Cl)n2)CC1=O. The first-order valence-electron chi connectivity index (χ1n) is 4.98. The Morgan fingerprint density at radius 2 is 2.19 bits per heavy atom. The summed E-state index contributed by atoms with van der Waals surface area (Å²) in [6.45, 7) is 1.76. The van der Waals surface area contributed by atoms with Gasteiger partial charge >= 0.3 is 0 Å². The molecule has 2 N–H and O–H groups in total. The van der Waals surface area contributed by atoms with E-state index in [1.807, 2.05) is 4.90 Å². The van der Waals surface area contributed by atoms with E-state index in [0.29, 0.717) is 29.7 Å². The van der Waals surface area contributed by atoms with Crippen LogP contribution in [-0.2, 0) is 4.79 Å². The van der Waals surface area contributed by atoms with Crippen molar-refractivity contribution in [2.24, 2.45) is 0 Å². The number of aromatic nitrogens is 1. The molecule has 1 aromatic rings. The third kappa shape index (κ3) is 2.19. The molecule has 0 aliphatic carbocycles. The third-order valence-electron chi connectivity index (χ3n) is 2.58. The third-order valence-corrected chi connectivity index (χ3v) is 2.78. The summed E-state index contributed by atoms with van der Waals surface area (Å²) in [6, 6.07) is 3.31. The van der Waals surface area contributed by atoms with E-state index in [1.54, 1.807) is 24.1 Å². The number of likely N-dealkylation sites (N-methyl/N-ethyl adjacent to an activating group) is 1. The van der Waals surface area contributed by atoms with Gasteiger partial charge in [-0.25, -0.2) is 4.98 Å². The number of piperazine rings is 1. The van der Waals surface area contributed by atoms with Gasteiger partial charge in [-0.15, -0.1) is 0 Å². The van der Waals surface area contributed by atoms with Crippen LogP contribution in [0.1, 0.15) is 0 Å². The van der Waals surface area contributed by atoms with Crippen LogP contribution in [0.3, 0.4) is 0 Å². The lowest BCUT2D eigenvalue weighted by Gasteiger charge is -2.32. The first kappa shape index (κ1) is 11.0. The molecule has 0 bridgehead atoms. The van der Waals surface area contributed by atoms with E-state index in [1.165, 1.54) is 0 Å². The number of carbonyl (C=O) groups is 1. The van der Waals surface area contributed by atoms with Gasteiger partial charge in [-0.1, -0.05) is 11.6 Å². The summed E-state index contributed by atoms with van der Waals surface area (Å²) in [4.78, 5) is 19.3. The standard InChI is InChI=1S/C10H13ClN4O/c1-14-2-3-15(6-10(14)16)9-5-7(12)4-8(11)13-9/h4-5H,2-3,6H2,1H3,(H2,12,13). The molecular weight excluding hydrogens is 228 g/mol. The van der Waals surface area contributed by atoms with E-state index in [2.05, 4.69) is 4.98 Å². The van der Waals surface area contributed by atoms with E-state index in [-0.39, 0.29) is 5.91 Å². The number of hydrogen-bond acceptors (Lipinski definition) is 4. The zero-order valence-electron chi connectivity index (χ0n) is 8.98. The molecule has 1 aromatic heterocycles. The van der Waals surface area contributed by atoms with Gasteiger partial charge in [-0.05, 0) is 6.07 Å². The van der Waals surface area contributed by atoms with E-state index in [0.717, 1.165) is 6.54 Å². The van der Waals surface area contributed by atoms with Crippen molar-refractivity contribution in [2.45, 2.75) is 0 Å². The Bertz CT molecular complexity index is 403. The molecule has 0 atom stereocenters. The Kier molecular flexibility index (Phi) is 2.87. The summed E-state index contributed by atoms with van der Waals surface area (Å²) in [5.41, 5.74) is 6.24. The molecule has 2 heterocycles. The van der Waals surface area contributed by atoms with Gasteiger partial charge < -0.3 is 15.5 Å². The van der Waals surface area contributed by atoms with Crippen LogP contribution < -0.4 is 10.6 Å². The number of nitrogen functional groups attached to an aromatic ring is 1. The molecule has 5 nitrogen and oxygen atoms in total. The van der Waals surface area contributed by atoms with Gasteiger partial charge in [-0.3, -0.25) is 4.79 Å². The summed E-state index contributed by atoms with van der Waals surface area (Å²) < 4.78 is 0. The first-order valence-corrected chi connectivity index (χ1v) is 5.36. The average molecular weight is 241 g/mol. The van der Waals surface area contributed by atoms with Gasteiger partial charge in [0.15, 0.2) is 0 Å². The highest BCUT2D eigenvalue weighted by molar-refractivity contribution is 6.29. The van der Waals surface area contributed by atoms with Crippen LogP contribution in [-0.4, -0.2) is 42.5 Å². The van der Waals surface area contributed by atoms with Crippen molar-refractivity contribution in [1.29, 1.82) is 0 Å². The van der Waals surface area contributed by atoms with Crippen LogP contribution in [0, 0.1) is 0 Å². The van der Waals surface area contributed by atoms with Gasteiger partial charge in [0.25, 0.3) is 0 Å². The Morgan fingerprint density at radius 3 is 2.81 bits per heavy atom. The molecule has 1 aliphatic rings. The van der Waals surface area contributed by atoms with Crippen molar-refractivity contribution < 1.29 is 4.79 Å². The Morgan fingerprint density at radius 1 is 1.44 bits per heavy atom. The number of anilines is 2. The van der Waals surface area contributed by atoms with Gasteiger partial charge in [0, 0.05) is 31.9 Å². The molecule has 1 fully saturated rings. The molecule has 1 aliphatic heterocycles. The fraction of sp³-hybridized carbons (Fsp3) is 0.400. The van der Waals surface area contributed by atoms with Crippen LogP contribution in [0.4, 0.5) is 11.5 Å². The molecule has 0 aromatic carbocycles. The maximum Gasteiger partial charge on any atom is 0.241 e. The second kappa shape index (κ2) is 4.17. The summed E-state index contributed by atoms with van der Waals surface area (Å²) in [6.07, 6.45) is 0. The maximum absolute atomic E-state index is 11.5. The molecule has 6 heteroatoms. The van der Waals surface area contributed by atoms with Gasteiger partial charge in [0.2, 0.25) is 5.91 Å². The number of halogens is 1. The second-order valence-electron chi connectivity index (χ2n) is 3.82. The topological polar surface area (TPSA) is 62.5 Å². The lowest BCUT2D eigenvalue weighted by molar-refractivity contribution is -0.129. The van der Waals surface area contributed by atoms with Gasteiger partial charge in [0.05, 0.1) is 6.54 Å². The minimum atomic E-state index is 0.0756. The number of amides is 1. The predicted octanol–water partition coefficient (Wildman–Crippen LogP) is 0.596. The van der Waals surface area contributed by atoms with Crippen molar-refractivity contribution in [3.05, 3.63) is 17.3 Å². The van der Waals surface area contributed by atoms with E-state index in [9.17, 15) is 4.79 Å². The van der Waals surface area contributed by atoms with Crippen molar-refractivity contribution >= 4 is 29.0 Å². The van der Waals surface area contributed by atoms with Crippen molar-refractivity contribution in [1.82, 2.24) is 9.88 Å². The van der Waals surface area contributed by atoms with Gasteiger partial charge in [0.1, 0.15) is 11.0 Å². The van der Waals surface area contributed by atoms with Crippen LogP contribution in [0.25, 0.3) is 0 Å². The summed E-state index contributed by atoms with van der Waals surface area (Å²) in [5, 5.41) is 0.348. The zero-order valence-corrected chi connectivity index (χ0v) is 9.74. The fourth-order valence-electron chi connectivity index (χ4n) is 1.62. The van der Waals surface area contributed by atoms with E-state index >= 15 is 0 Å². The highest BCUT2D eigenvalue weighted by atomic mass is 35.5. The number of nitrogens with two attached hydrogens (primary N) is 1. The average Bonchev–Trinajstić information content (AvgIpc) is 2.20. The molecule has 1 amide bonds. The molecular formula is C10H13ClN4O. The van der Waals surface area contributed by atoms with Crippen molar-refractivity contribution in [3.63, 3.8) is 0 Å². The minimum Gasteiger partial charge on any atom is -0.399 e. The Labute approximate surface area is 98.8 Å². The quantitative estimate of drug-likeness (QED) is 0.730. The second-order valence-corrected chi connectivity index (χ2v) is 4.21. The molecule has 86 valence electrons. The number of nitrogens with zero attached hydrogens (tertiary/aromatic N) is 3. The first-order chi connectivity index (χ1) is 7.56. The minimum absolute atomic E-state index is 0.0756. The van der Waals surface area contributed by atoms with Crippen molar-refractivity contribution in [2.75, 3.05) is 37.3 Å². The smallest absolute Gasteiger partial charge is 0.241 e. The summed E-state index contributed by atoms with van der Waals surface area (Å²) in [7, 11) is 1.79. The lowest BCUT2D eigenvalue weighted by Crippen LogP contribution is -2.48. The monoisotopic (exact) mass is 240 g/mol. The van der Waals surface area contributed by atoms with Crippen molar-refractivity contribution in [3.8, 4) is 0 Å². The number of rotatable bonds is 1. The number of carbonyl (C=O) groups excluding carboxylic acids is 1. The zero-order chi connectivity index (χ0) is 11.7. The largest absolute Gasteiger partial charge is 0.399 e. The summed E-state index contributed by atoms with van der Waals surface area (Å²) in [5.74, 6) is 0.734. The molecule has 0 unspecified atom stereocenters. The molecule has 2 rings (SSSR count). The van der Waals surface area contributed by atoms with E-state index in [4.69, 9.17) is 17.3 Å². The Balaban J connectivity index is 2.21. The lowest BCUT2D eigenvalue weighted by atomic mass is 10.3. The maximum atomic E-state index is 11.5. The fourth-order valence-corrected chi connectivity index (χ4v) is 1.83. The van der Waals surface area contributed by atoms with Gasteiger partial charge in [-0.2, -0.15) is 0 Å². The number of pyridine rings is 1. The molecule has 0 saturated carbocycles. The highest BCUT2D eigenvalue weighted by Gasteiger charge is 2.22. The Hall–Kier alpha value is -1.49. The molecule has 0 spiro atoms.